The van der Waals surface area contributed by atoms with Crippen LogP contribution >= 0.6 is 0 Å². The van der Waals surface area contributed by atoms with E-state index >= 15 is 0 Å². The summed E-state index contributed by atoms with van der Waals surface area (Å²) in [5, 5.41) is 11.0. The van der Waals surface area contributed by atoms with Gasteiger partial charge in [-0.2, -0.15) is 9.65 Å². The van der Waals surface area contributed by atoms with Crippen molar-refractivity contribution in [1.29, 1.82) is 5.26 Å². The molecule has 0 fully saturated rings. The fourth-order valence-corrected chi connectivity index (χ4v) is 1.26. The zero-order chi connectivity index (χ0) is 9.42. The predicted octanol–water partition coefficient (Wildman–Crippen LogP) is 0.587. The van der Waals surface area contributed by atoms with Crippen LogP contribution in [-0.4, -0.2) is 10.9 Å². The number of rotatable bonds is 0. The number of nitrogens with one attached hydrogen (secondary N) is 1. The minimum absolute atomic E-state index is 0.103. The summed E-state index contributed by atoms with van der Waals surface area (Å²) in [7, 11) is 0. The first-order chi connectivity index (χ1) is 6.20. The maximum Gasteiger partial charge on any atom is 0.230 e. The molecule has 13 heavy (non-hydrogen) atoms. The van der Waals surface area contributed by atoms with Gasteiger partial charge in [0.15, 0.2) is 0 Å². The molecule has 5 heteroatoms. The minimum Gasteiger partial charge on any atom is -0.310 e. The van der Waals surface area contributed by atoms with Gasteiger partial charge in [0.05, 0.1) is 18.1 Å². The highest BCUT2D eigenvalue weighted by molar-refractivity contribution is 5.98. The van der Waals surface area contributed by atoms with E-state index in [9.17, 15) is 9.18 Å². The molecule has 64 valence electrons. The quantitative estimate of drug-likeness (QED) is 0.589. The molecule has 0 saturated carbocycles. The summed E-state index contributed by atoms with van der Waals surface area (Å²) in [6.45, 7) is 0. The van der Waals surface area contributed by atoms with E-state index in [-0.39, 0.29) is 23.7 Å². The molecule has 4 nitrogen and oxygen atoms in total. The highest BCUT2D eigenvalue weighted by Crippen LogP contribution is 2.24. The van der Waals surface area contributed by atoms with E-state index in [1.807, 2.05) is 6.07 Å². The van der Waals surface area contributed by atoms with Crippen LogP contribution < -0.4 is 5.32 Å². The number of carbonyl (C=O) groups excluding carboxylic acids is 1. The van der Waals surface area contributed by atoms with Crippen LogP contribution in [0.5, 0.6) is 0 Å². The number of nitriles is 1. The van der Waals surface area contributed by atoms with Gasteiger partial charge in [-0.05, 0) is 0 Å². The lowest BCUT2D eigenvalue weighted by atomic mass is 10.1. The summed E-state index contributed by atoms with van der Waals surface area (Å²) in [5.41, 5.74) is 0.648. The number of carbonyl (C=O) groups is 1. The zero-order valence-electron chi connectivity index (χ0n) is 6.47. The van der Waals surface area contributed by atoms with Crippen molar-refractivity contribution in [3.05, 3.63) is 23.1 Å². The van der Waals surface area contributed by atoms with Crippen LogP contribution in [0, 0.1) is 17.3 Å². The molecule has 1 aromatic rings. The number of halogens is 1. The van der Waals surface area contributed by atoms with Crippen molar-refractivity contribution >= 4 is 11.7 Å². The SMILES string of the molecule is N#Cc1cc(F)nc2c1CC(=O)N2. The van der Waals surface area contributed by atoms with Crippen molar-refractivity contribution in [2.24, 2.45) is 0 Å². The molecule has 0 aliphatic carbocycles. The Morgan fingerprint density at radius 3 is 3.15 bits per heavy atom. The molecule has 0 aromatic carbocycles. The van der Waals surface area contributed by atoms with Gasteiger partial charge >= 0.3 is 0 Å². The number of anilines is 1. The zero-order valence-corrected chi connectivity index (χ0v) is 6.47. The summed E-state index contributed by atoms with van der Waals surface area (Å²) in [5.74, 6) is -0.844. The Kier molecular flexibility index (Phi) is 1.49. The van der Waals surface area contributed by atoms with E-state index in [2.05, 4.69) is 10.3 Å². The first-order valence-corrected chi connectivity index (χ1v) is 3.60. The maximum atomic E-state index is 12.7. The van der Waals surface area contributed by atoms with Gasteiger partial charge in [-0.3, -0.25) is 4.79 Å². The number of pyridine rings is 1. The number of hydrogen-bond acceptors (Lipinski definition) is 3. The molecule has 1 aliphatic heterocycles. The summed E-state index contributed by atoms with van der Waals surface area (Å²) in [6.07, 6.45) is 0.103. The van der Waals surface area contributed by atoms with Crippen LogP contribution in [0.15, 0.2) is 6.07 Å². The van der Waals surface area contributed by atoms with Crippen molar-refractivity contribution < 1.29 is 9.18 Å². The normalized spacial score (nSPS) is 13.4. The van der Waals surface area contributed by atoms with Gasteiger partial charge in [-0.15, -0.1) is 0 Å². The molecule has 0 saturated heterocycles. The van der Waals surface area contributed by atoms with Crippen molar-refractivity contribution in [3.8, 4) is 6.07 Å². The monoisotopic (exact) mass is 177 g/mol. The average molecular weight is 177 g/mol. The number of amides is 1. The molecule has 1 N–H and O–H groups in total. The standard InChI is InChI=1S/C8H4FN3O/c9-6-1-4(3-10)5-2-7(13)12-8(5)11-6/h1H,2H2,(H,11,12,13). The molecular weight excluding hydrogens is 173 g/mol. The second-order valence-electron chi connectivity index (χ2n) is 2.66. The number of fused-ring (bicyclic) bond motifs is 1. The predicted molar refractivity (Wildman–Crippen MR) is 41.2 cm³/mol. The van der Waals surface area contributed by atoms with Crippen molar-refractivity contribution in [2.45, 2.75) is 6.42 Å². The fraction of sp³-hybridized carbons (Fsp3) is 0.125. The Morgan fingerprint density at radius 2 is 2.46 bits per heavy atom. The van der Waals surface area contributed by atoms with Gasteiger partial charge in [0.25, 0.3) is 0 Å². The Bertz CT molecular complexity index is 436. The number of aromatic nitrogens is 1. The highest BCUT2D eigenvalue weighted by atomic mass is 19.1. The van der Waals surface area contributed by atoms with Crippen molar-refractivity contribution in [3.63, 3.8) is 0 Å². The molecule has 0 unspecified atom stereocenters. The Hall–Kier alpha value is -1.96. The van der Waals surface area contributed by atoms with E-state index < -0.39 is 5.95 Å². The molecule has 0 radical (unpaired) electrons. The summed E-state index contributed by atoms with van der Waals surface area (Å²) in [4.78, 5) is 14.4. The second-order valence-corrected chi connectivity index (χ2v) is 2.66. The van der Waals surface area contributed by atoms with Crippen LogP contribution in [0.25, 0.3) is 0 Å². The molecule has 0 atom stereocenters. The van der Waals surface area contributed by atoms with E-state index in [1.165, 1.54) is 0 Å². The van der Waals surface area contributed by atoms with Gasteiger partial charge in [0.1, 0.15) is 5.82 Å². The van der Waals surface area contributed by atoms with Gasteiger partial charge in [-0.1, -0.05) is 0 Å². The van der Waals surface area contributed by atoms with E-state index in [0.717, 1.165) is 6.07 Å². The van der Waals surface area contributed by atoms with Crippen LogP contribution in [0.1, 0.15) is 11.1 Å². The minimum atomic E-state index is -0.752. The van der Waals surface area contributed by atoms with E-state index in [1.54, 1.807) is 0 Å². The highest BCUT2D eigenvalue weighted by Gasteiger charge is 2.23. The molecule has 2 rings (SSSR count). The lowest BCUT2D eigenvalue weighted by molar-refractivity contribution is -0.115. The number of hydrogen-bond donors (Lipinski definition) is 1. The molecule has 1 aromatic heterocycles. The topological polar surface area (TPSA) is 65.8 Å². The first kappa shape index (κ1) is 7.68. The summed E-state index contributed by atoms with van der Waals surface area (Å²) < 4.78 is 12.7. The van der Waals surface area contributed by atoms with Crippen molar-refractivity contribution in [1.82, 2.24) is 4.98 Å². The molecule has 0 spiro atoms. The van der Waals surface area contributed by atoms with Crippen molar-refractivity contribution in [2.75, 3.05) is 5.32 Å². The third kappa shape index (κ3) is 1.12. The maximum absolute atomic E-state index is 12.7. The summed E-state index contributed by atoms with van der Waals surface area (Å²) >= 11 is 0. The van der Waals surface area contributed by atoms with Gasteiger partial charge in [-0.25, -0.2) is 4.98 Å². The van der Waals surface area contributed by atoms with Crippen LogP contribution in [-0.2, 0) is 11.2 Å². The molecular formula is C8H4FN3O. The van der Waals surface area contributed by atoms with Crippen LogP contribution in [0.3, 0.4) is 0 Å². The van der Waals surface area contributed by atoms with E-state index in [0.29, 0.717) is 5.56 Å². The van der Waals surface area contributed by atoms with Gasteiger partial charge in [0.2, 0.25) is 11.9 Å². The Balaban J connectivity index is 2.64. The third-order valence-electron chi connectivity index (χ3n) is 1.81. The van der Waals surface area contributed by atoms with E-state index in [4.69, 9.17) is 5.26 Å². The average Bonchev–Trinajstić information content (AvgIpc) is 2.43. The smallest absolute Gasteiger partial charge is 0.230 e. The third-order valence-corrected chi connectivity index (χ3v) is 1.81. The van der Waals surface area contributed by atoms with Gasteiger partial charge < -0.3 is 5.32 Å². The molecule has 2 heterocycles. The Morgan fingerprint density at radius 1 is 1.69 bits per heavy atom. The first-order valence-electron chi connectivity index (χ1n) is 3.60. The molecule has 0 bridgehead atoms. The lowest BCUT2D eigenvalue weighted by Crippen LogP contribution is -2.04. The molecule has 1 aliphatic rings. The Labute approximate surface area is 73.0 Å². The molecule has 1 amide bonds. The number of nitrogens with zero attached hydrogens (tertiary/aromatic N) is 2. The van der Waals surface area contributed by atoms with Gasteiger partial charge in [0, 0.05) is 11.6 Å². The largest absolute Gasteiger partial charge is 0.310 e. The van der Waals surface area contributed by atoms with Crippen LogP contribution in [0.4, 0.5) is 10.2 Å². The fourth-order valence-electron chi connectivity index (χ4n) is 1.26. The second kappa shape index (κ2) is 2.52. The van der Waals surface area contributed by atoms with Crippen LogP contribution in [0.2, 0.25) is 0 Å². The summed E-state index contributed by atoms with van der Waals surface area (Å²) in [6, 6.07) is 2.84. The lowest BCUT2D eigenvalue weighted by Gasteiger charge is -1.98.